The third-order valence-corrected chi connectivity index (χ3v) is 3.67. The average molecular weight is 290 g/mol. The first-order chi connectivity index (χ1) is 9.72. The van der Waals surface area contributed by atoms with E-state index in [1.165, 1.54) is 0 Å². The molecule has 0 saturated carbocycles. The SMILES string of the molecule is OOOSc1ccc2c(O)c3ccccc3c(O)c2c1. The van der Waals surface area contributed by atoms with E-state index in [1.54, 1.807) is 42.5 Å². The summed E-state index contributed by atoms with van der Waals surface area (Å²) in [5.41, 5.74) is 0. The summed E-state index contributed by atoms with van der Waals surface area (Å²) in [6.07, 6.45) is 0. The maximum Gasteiger partial charge on any atom is 0.131 e. The van der Waals surface area contributed by atoms with E-state index in [4.69, 9.17) is 5.26 Å². The first-order valence-corrected chi connectivity index (χ1v) is 6.47. The second-order valence-electron chi connectivity index (χ2n) is 4.18. The second-order valence-corrected chi connectivity index (χ2v) is 4.95. The van der Waals surface area contributed by atoms with E-state index in [-0.39, 0.29) is 11.5 Å². The van der Waals surface area contributed by atoms with Gasteiger partial charge in [0.15, 0.2) is 0 Å². The molecule has 0 atom stereocenters. The fourth-order valence-electron chi connectivity index (χ4n) is 2.22. The normalized spacial score (nSPS) is 11.2. The number of fused-ring (bicyclic) bond motifs is 2. The highest BCUT2D eigenvalue weighted by Gasteiger charge is 2.13. The fourth-order valence-corrected chi connectivity index (χ4v) is 2.62. The third kappa shape index (κ3) is 2.04. The zero-order valence-corrected chi connectivity index (χ0v) is 10.9. The van der Waals surface area contributed by atoms with Crippen molar-refractivity contribution in [3.8, 4) is 11.5 Å². The van der Waals surface area contributed by atoms with Crippen LogP contribution < -0.4 is 0 Å². The van der Waals surface area contributed by atoms with Gasteiger partial charge in [-0.3, -0.25) is 0 Å². The largest absolute Gasteiger partial charge is 0.507 e. The molecule has 0 spiro atoms. The van der Waals surface area contributed by atoms with Crippen LogP contribution in [0.5, 0.6) is 11.5 Å². The Balaban J connectivity index is 2.29. The number of hydrogen-bond donors (Lipinski definition) is 3. The Morgan fingerprint density at radius 2 is 1.40 bits per heavy atom. The Hall–Kier alpha value is -1.99. The van der Waals surface area contributed by atoms with Crippen molar-refractivity contribution in [2.45, 2.75) is 4.90 Å². The van der Waals surface area contributed by atoms with E-state index in [1.807, 2.05) is 0 Å². The summed E-state index contributed by atoms with van der Waals surface area (Å²) >= 11 is 0.790. The van der Waals surface area contributed by atoms with Crippen LogP contribution in [0.3, 0.4) is 0 Å². The maximum absolute atomic E-state index is 10.3. The lowest BCUT2D eigenvalue weighted by Gasteiger charge is -2.10. The van der Waals surface area contributed by atoms with Crippen molar-refractivity contribution in [2.24, 2.45) is 0 Å². The first kappa shape index (κ1) is 13.0. The minimum Gasteiger partial charge on any atom is -0.507 e. The summed E-state index contributed by atoms with van der Waals surface area (Å²) in [4.78, 5) is 0.608. The van der Waals surface area contributed by atoms with E-state index in [0.717, 1.165) is 12.0 Å². The summed E-state index contributed by atoms with van der Waals surface area (Å²) in [5, 5.41) is 34.5. The summed E-state index contributed by atoms with van der Waals surface area (Å²) in [6, 6.07) is 12.0. The minimum absolute atomic E-state index is 0.0840. The number of phenols is 2. The quantitative estimate of drug-likeness (QED) is 0.224. The van der Waals surface area contributed by atoms with Crippen LogP contribution in [0.15, 0.2) is 47.4 Å². The van der Waals surface area contributed by atoms with Crippen LogP contribution in [-0.2, 0) is 9.37 Å². The van der Waals surface area contributed by atoms with Gasteiger partial charge in [0.2, 0.25) is 0 Å². The predicted octanol–water partition coefficient (Wildman–Crippen LogP) is 3.83. The molecule has 3 rings (SSSR count). The molecular formula is C14H10O5S. The molecule has 0 saturated heterocycles. The summed E-state index contributed by atoms with van der Waals surface area (Å²) < 4.78 is 4.35. The van der Waals surface area contributed by atoms with Gasteiger partial charge in [-0.05, 0) is 18.2 Å². The van der Waals surface area contributed by atoms with Gasteiger partial charge in [-0.15, -0.1) is 4.33 Å². The van der Waals surface area contributed by atoms with E-state index < -0.39 is 0 Å². The maximum atomic E-state index is 10.3. The van der Waals surface area contributed by atoms with Gasteiger partial charge in [0.25, 0.3) is 0 Å². The summed E-state index contributed by atoms with van der Waals surface area (Å²) in [6.45, 7) is 0. The van der Waals surface area contributed by atoms with Crippen LogP contribution in [-0.4, -0.2) is 15.5 Å². The molecule has 3 aromatic carbocycles. The average Bonchev–Trinajstić information content (AvgIpc) is 2.50. The monoisotopic (exact) mass is 290 g/mol. The lowest BCUT2D eigenvalue weighted by molar-refractivity contribution is -0.432. The summed E-state index contributed by atoms with van der Waals surface area (Å²) in [7, 11) is 0. The molecule has 3 N–H and O–H groups in total. The Kier molecular flexibility index (Phi) is 3.37. The lowest BCUT2D eigenvalue weighted by Crippen LogP contribution is -1.83. The summed E-state index contributed by atoms with van der Waals surface area (Å²) in [5.74, 6) is 0.199. The zero-order valence-electron chi connectivity index (χ0n) is 10.1. The Labute approximate surface area is 118 Å². The van der Waals surface area contributed by atoms with Crippen molar-refractivity contribution in [3.63, 3.8) is 0 Å². The highest BCUT2D eigenvalue weighted by atomic mass is 32.2. The van der Waals surface area contributed by atoms with Gasteiger partial charge in [-0.1, -0.05) is 29.3 Å². The van der Waals surface area contributed by atoms with Crippen LogP contribution in [0.25, 0.3) is 21.5 Å². The van der Waals surface area contributed by atoms with E-state index in [0.29, 0.717) is 26.4 Å². The fraction of sp³-hybridized carbons (Fsp3) is 0. The number of aromatic hydroxyl groups is 2. The van der Waals surface area contributed by atoms with E-state index in [9.17, 15) is 10.2 Å². The molecule has 5 nitrogen and oxygen atoms in total. The number of rotatable bonds is 3. The molecule has 0 aliphatic heterocycles. The van der Waals surface area contributed by atoms with Gasteiger partial charge in [-0.2, -0.15) is 0 Å². The van der Waals surface area contributed by atoms with Crippen LogP contribution >= 0.6 is 12.0 Å². The highest BCUT2D eigenvalue weighted by molar-refractivity contribution is 7.94. The first-order valence-electron chi connectivity index (χ1n) is 5.73. The molecule has 0 fully saturated rings. The molecule has 0 heterocycles. The number of phenolic OH excluding ortho intramolecular Hbond substituents is 2. The van der Waals surface area contributed by atoms with Gasteiger partial charge in [-0.25, -0.2) is 5.26 Å². The standard InChI is InChI=1S/C14H10O5S/c15-13-9-3-1-2-4-10(9)14(16)12-7-8(20-19-18-17)5-6-11(12)13/h1-7,15-17H. The van der Waals surface area contributed by atoms with Gasteiger partial charge in [0.05, 0.1) is 12.0 Å². The molecule has 0 aliphatic carbocycles. The molecule has 0 radical (unpaired) electrons. The Morgan fingerprint density at radius 3 is 2.05 bits per heavy atom. The van der Waals surface area contributed by atoms with Gasteiger partial charge in [0, 0.05) is 26.4 Å². The smallest absolute Gasteiger partial charge is 0.131 e. The van der Waals surface area contributed by atoms with Crippen LogP contribution in [0.1, 0.15) is 0 Å². The molecule has 102 valence electrons. The molecule has 0 aromatic heterocycles. The number of hydrogen-bond acceptors (Lipinski definition) is 6. The second kappa shape index (κ2) is 5.18. The molecule has 0 amide bonds. The molecule has 0 bridgehead atoms. The van der Waals surface area contributed by atoms with E-state index in [2.05, 4.69) is 9.37 Å². The molecular weight excluding hydrogens is 280 g/mol. The van der Waals surface area contributed by atoms with E-state index >= 15 is 0 Å². The van der Waals surface area contributed by atoms with Crippen molar-refractivity contribution < 1.29 is 24.8 Å². The highest BCUT2D eigenvalue weighted by Crippen LogP contribution is 2.42. The Morgan fingerprint density at radius 1 is 0.800 bits per heavy atom. The minimum atomic E-state index is 0.0840. The van der Waals surface area contributed by atoms with Crippen LogP contribution in [0.4, 0.5) is 0 Å². The lowest BCUT2D eigenvalue weighted by atomic mass is 10.0. The van der Waals surface area contributed by atoms with Crippen LogP contribution in [0, 0.1) is 0 Å². The third-order valence-electron chi connectivity index (χ3n) is 3.10. The molecule has 0 aliphatic rings. The van der Waals surface area contributed by atoms with Crippen molar-refractivity contribution >= 4 is 33.6 Å². The van der Waals surface area contributed by atoms with Crippen molar-refractivity contribution in [3.05, 3.63) is 42.5 Å². The molecule has 3 aromatic rings. The zero-order chi connectivity index (χ0) is 14.1. The molecule has 0 unspecified atom stereocenters. The predicted molar refractivity (Wildman–Crippen MR) is 75.4 cm³/mol. The van der Waals surface area contributed by atoms with Crippen molar-refractivity contribution in [1.82, 2.24) is 0 Å². The van der Waals surface area contributed by atoms with Crippen molar-refractivity contribution in [1.29, 1.82) is 0 Å². The number of benzene rings is 3. The van der Waals surface area contributed by atoms with Gasteiger partial charge < -0.3 is 10.2 Å². The van der Waals surface area contributed by atoms with Gasteiger partial charge in [0.1, 0.15) is 11.5 Å². The Bertz CT molecular complexity index is 787. The molecule has 6 heteroatoms. The van der Waals surface area contributed by atoms with Gasteiger partial charge >= 0.3 is 0 Å². The topological polar surface area (TPSA) is 79.2 Å². The van der Waals surface area contributed by atoms with Crippen LogP contribution in [0.2, 0.25) is 0 Å². The van der Waals surface area contributed by atoms with Crippen molar-refractivity contribution in [2.75, 3.05) is 0 Å². The molecule has 20 heavy (non-hydrogen) atoms.